The topological polar surface area (TPSA) is 61.4 Å². The van der Waals surface area contributed by atoms with Crippen LogP contribution in [0.1, 0.15) is 33.9 Å². The summed E-state index contributed by atoms with van der Waals surface area (Å²) >= 11 is 0. The highest BCUT2D eigenvalue weighted by Crippen LogP contribution is 2.43. The maximum absolute atomic E-state index is 5.50. The van der Waals surface area contributed by atoms with Crippen LogP contribution in [0.2, 0.25) is 0 Å². The van der Waals surface area contributed by atoms with Crippen molar-refractivity contribution < 1.29 is 0 Å². The van der Waals surface area contributed by atoms with Crippen molar-refractivity contribution in [2.45, 2.75) is 11.6 Å². The maximum Gasteiger partial charge on any atom is 0.157 e. The van der Waals surface area contributed by atoms with E-state index in [9.17, 15) is 0 Å². The lowest BCUT2D eigenvalue weighted by atomic mass is 9.77. The van der Waals surface area contributed by atoms with Gasteiger partial charge in [-0.05, 0) is 49.4 Å². The van der Waals surface area contributed by atoms with Crippen LogP contribution >= 0.6 is 0 Å². The molecule has 0 aliphatic rings. The summed E-state index contributed by atoms with van der Waals surface area (Å²) in [6.45, 7) is 0. The molecule has 0 fully saturated rings. The van der Waals surface area contributed by atoms with Gasteiger partial charge in [0.2, 0.25) is 0 Å². The van der Waals surface area contributed by atoms with Crippen LogP contribution in [0.4, 0.5) is 0 Å². The van der Waals surface area contributed by atoms with Crippen molar-refractivity contribution in [3.05, 3.63) is 240 Å². The van der Waals surface area contributed by atoms with Crippen molar-refractivity contribution in [1.82, 2.24) is 30.0 Å². The zero-order chi connectivity index (χ0) is 39.6. The Kier molecular flexibility index (Phi) is 7.72. The van der Waals surface area contributed by atoms with Crippen LogP contribution in [0.15, 0.2) is 212 Å². The zero-order valence-electron chi connectivity index (χ0n) is 32.5. The van der Waals surface area contributed by atoms with E-state index in [-0.39, 0.29) is 6.04 Å². The van der Waals surface area contributed by atoms with E-state index in [4.69, 9.17) is 20.4 Å². The lowest BCUT2D eigenvalue weighted by Gasteiger charge is -2.35. The van der Waals surface area contributed by atoms with Gasteiger partial charge in [0, 0.05) is 21.5 Å². The molecule has 2 aromatic heterocycles. The quantitative estimate of drug-likeness (QED) is 0.120. The highest BCUT2D eigenvalue weighted by molar-refractivity contribution is 6.24. The number of aromatic nitrogens is 6. The predicted octanol–water partition coefficient (Wildman–Crippen LogP) is 12.3. The van der Waals surface area contributed by atoms with E-state index in [1.807, 2.05) is 9.59 Å². The predicted molar refractivity (Wildman–Crippen MR) is 243 cm³/mol. The third-order valence-electron chi connectivity index (χ3n) is 12.2. The Balaban J connectivity index is 1.10. The average Bonchev–Trinajstić information content (AvgIpc) is 3.98. The molecule has 1 atom stereocenters. The molecule has 12 rings (SSSR count). The van der Waals surface area contributed by atoms with E-state index >= 15 is 0 Å². The molecular weight excluding hydrogens is 733 g/mol. The van der Waals surface area contributed by atoms with Gasteiger partial charge >= 0.3 is 0 Å². The van der Waals surface area contributed by atoms with Crippen LogP contribution in [0.3, 0.4) is 0 Å². The summed E-state index contributed by atoms with van der Waals surface area (Å²) < 4.78 is 0. The molecule has 0 amide bonds. The lowest BCUT2D eigenvalue weighted by molar-refractivity contribution is 0.409. The molecule has 0 aliphatic carbocycles. The SMILES string of the molecule is c1ccc(C(c2ccc(C(c3ccccc3)(c3ccccc3)n3nc4c5ccccc5c5ccccc5c4n3)cc2)n2nc3c4ccccc4c4ccccc4c3n2)cc1. The Morgan fingerprint density at radius 3 is 0.983 bits per heavy atom. The third-order valence-corrected chi connectivity index (χ3v) is 12.2. The molecule has 0 aliphatic heterocycles. The van der Waals surface area contributed by atoms with Crippen LogP contribution < -0.4 is 0 Å². The van der Waals surface area contributed by atoms with Gasteiger partial charge in [0.1, 0.15) is 28.1 Å². The highest BCUT2D eigenvalue weighted by Gasteiger charge is 2.41. The number of fused-ring (bicyclic) bond motifs is 12. The van der Waals surface area contributed by atoms with Crippen molar-refractivity contribution in [3.8, 4) is 0 Å². The Labute approximate surface area is 345 Å². The summed E-state index contributed by atoms with van der Waals surface area (Å²) in [6.07, 6.45) is 0. The fraction of sp³-hybridized carbons (Fsp3) is 0.0370. The molecule has 6 heteroatoms. The average molecular weight is 769 g/mol. The first-order valence-corrected chi connectivity index (χ1v) is 20.4. The van der Waals surface area contributed by atoms with E-state index in [1.54, 1.807) is 0 Å². The van der Waals surface area contributed by atoms with Crippen molar-refractivity contribution in [2.75, 3.05) is 0 Å². The van der Waals surface area contributed by atoms with Gasteiger partial charge in [0.15, 0.2) is 5.54 Å². The van der Waals surface area contributed by atoms with Crippen molar-refractivity contribution in [1.29, 1.82) is 0 Å². The molecule has 6 nitrogen and oxygen atoms in total. The smallest absolute Gasteiger partial charge is 0.157 e. The molecule has 0 bridgehead atoms. The molecule has 0 saturated carbocycles. The van der Waals surface area contributed by atoms with Crippen molar-refractivity contribution in [3.63, 3.8) is 0 Å². The number of hydrogen-bond donors (Lipinski definition) is 0. The number of hydrogen-bond acceptors (Lipinski definition) is 4. The molecule has 2 heterocycles. The molecule has 12 aromatic rings. The molecule has 0 radical (unpaired) electrons. The summed E-state index contributed by atoms with van der Waals surface area (Å²) in [6, 6.07) is 74.5. The summed E-state index contributed by atoms with van der Waals surface area (Å²) in [5.41, 5.74) is 7.89. The Bertz CT molecular complexity index is 3350. The minimum atomic E-state index is -0.930. The lowest BCUT2D eigenvalue weighted by Crippen LogP contribution is -2.39. The van der Waals surface area contributed by atoms with Gasteiger partial charge in [-0.15, -0.1) is 0 Å². The van der Waals surface area contributed by atoms with Crippen LogP contribution in [0.25, 0.3) is 65.2 Å². The van der Waals surface area contributed by atoms with Gasteiger partial charge in [-0.3, -0.25) is 0 Å². The van der Waals surface area contributed by atoms with Crippen LogP contribution in [-0.4, -0.2) is 30.0 Å². The molecule has 0 N–H and O–H groups in total. The van der Waals surface area contributed by atoms with Crippen LogP contribution in [0.5, 0.6) is 0 Å². The minimum Gasteiger partial charge on any atom is -0.171 e. The van der Waals surface area contributed by atoms with Crippen molar-refractivity contribution >= 4 is 65.2 Å². The van der Waals surface area contributed by atoms with E-state index in [2.05, 4.69) is 212 Å². The molecular formula is C54H36N6. The fourth-order valence-corrected chi connectivity index (χ4v) is 9.52. The second-order valence-corrected chi connectivity index (χ2v) is 15.5. The first kappa shape index (κ1) is 34.1. The van der Waals surface area contributed by atoms with Crippen LogP contribution in [-0.2, 0) is 5.54 Å². The van der Waals surface area contributed by atoms with Gasteiger partial charge in [0.25, 0.3) is 0 Å². The Morgan fingerprint density at radius 2 is 0.583 bits per heavy atom. The fourth-order valence-electron chi connectivity index (χ4n) is 9.52. The number of rotatable bonds is 7. The van der Waals surface area contributed by atoms with E-state index < -0.39 is 5.54 Å². The second kappa shape index (κ2) is 13.6. The van der Waals surface area contributed by atoms with E-state index in [0.29, 0.717) is 0 Å². The summed E-state index contributed by atoms with van der Waals surface area (Å²) in [5, 5.41) is 30.6. The maximum atomic E-state index is 5.50. The molecule has 0 spiro atoms. The zero-order valence-corrected chi connectivity index (χ0v) is 32.5. The van der Waals surface area contributed by atoms with Gasteiger partial charge in [-0.2, -0.15) is 30.0 Å². The monoisotopic (exact) mass is 768 g/mol. The van der Waals surface area contributed by atoms with Crippen LogP contribution in [0, 0.1) is 0 Å². The first-order chi connectivity index (χ1) is 29.8. The summed E-state index contributed by atoms with van der Waals surface area (Å²) in [7, 11) is 0. The third kappa shape index (κ3) is 5.07. The molecule has 0 saturated heterocycles. The standard InChI is InChI=1S/C54H36N6/c1-4-18-36(19-5-1)53(59-55-49-45-28-14-10-24-41(45)42-25-11-15-29-46(42)50(49)56-59)37-32-34-40(35-33-37)54(38-20-6-2-7-21-38,39-22-8-3-9-23-39)60-57-51-47-30-16-12-26-43(47)44-27-13-17-31-48(44)52(51)58-60/h1-35,53H. The van der Waals surface area contributed by atoms with Gasteiger partial charge in [-0.25, -0.2) is 0 Å². The molecule has 1 unspecified atom stereocenters. The number of benzene rings is 10. The molecule has 60 heavy (non-hydrogen) atoms. The molecule has 282 valence electrons. The Hall–Kier alpha value is -7.96. The van der Waals surface area contributed by atoms with Gasteiger partial charge in [0.05, 0.1) is 0 Å². The van der Waals surface area contributed by atoms with Crippen molar-refractivity contribution in [2.24, 2.45) is 0 Å². The normalized spacial score (nSPS) is 12.6. The molecule has 10 aromatic carbocycles. The highest BCUT2D eigenvalue weighted by atomic mass is 15.5. The largest absolute Gasteiger partial charge is 0.171 e. The van der Waals surface area contributed by atoms with E-state index in [1.165, 1.54) is 10.8 Å². The minimum absolute atomic E-state index is 0.295. The summed E-state index contributed by atoms with van der Waals surface area (Å²) in [4.78, 5) is 3.87. The van der Waals surface area contributed by atoms with Gasteiger partial charge < -0.3 is 0 Å². The summed E-state index contributed by atoms with van der Waals surface area (Å²) in [5.74, 6) is 0. The first-order valence-electron chi connectivity index (χ1n) is 20.4. The van der Waals surface area contributed by atoms with E-state index in [0.717, 1.165) is 82.2 Å². The van der Waals surface area contributed by atoms with Gasteiger partial charge in [-0.1, -0.05) is 212 Å². The Morgan fingerprint density at radius 1 is 0.283 bits per heavy atom. The second-order valence-electron chi connectivity index (χ2n) is 15.5. The number of nitrogens with zero attached hydrogens (tertiary/aromatic N) is 6.